The van der Waals surface area contributed by atoms with Crippen molar-refractivity contribution in [2.24, 2.45) is 5.92 Å². The summed E-state index contributed by atoms with van der Waals surface area (Å²) in [6.07, 6.45) is -3.63. The van der Waals surface area contributed by atoms with E-state index in [-0.39, 0.29) is 5.92 Å². The van der Waals surface area contributed by atoms with E-state index >= 15 is 0 Å². The number of aliphatic carboxylic acids is 1. The minimum absolute atomic E-state index is 0.317. The highest BCUT2D eigenvalue weighted by atomic mass is 16.6. The van der Waals surface area contributed by atoms with E-state index < -0.39 is 41.6 Å². The molecule has 0 aliphatic carbocycles. The van der Waals surface area contributed by atoms with Gasteiger partial charge in [-0.1, -0.05) is 6.92 Å². The van der Waals surface area contributed by atoms with E-state index in [1.54, 1.807) is 0 Å². The van der Waals surface area contributed by atoms with Gasteiger partial charge in [-0.15, -0.1) is 0 Å². The number of ether oxygens (including phenoxy) is 3. The number of hydrogen-bond acceptors (Lipinski definition) is 5. The first kappa shape index (κ1) is 18.4. The van der Waals surface area contributed by atoms with Gasteiger partial charge in [-0.25, -0.2) is 4.79 Å². The Kier molecular flexibility index (Phi) is 5.42. The Hall–Kier alpha value is -0.690. The molecule has 0 bridgehead atoms. The molecule has 2 N–H and O–H groups in total. The van der Waals surface area contributed by atoms with Crippen LogP contribution >= 0.6 is 0 Å². The molecule has 1 aliphatic heterocycles. The van der Waals surface area contributed by atoms with Crippen molar-refractivity contribution in [2.75, 3.05) is 7.11 Å². The standard InChI is InChI=1S/C15H28O6/c1-8-9(16)10(21-14(2,3)4)11(13(17)18)20-12(8)15(5,6)19-7/h8-12,16H,1-7H3,(H,17,18). The maximum atomic E-state index is 11.5. The topological polar surface area (TPSA) is 85.2 Å². The number of aliphatic hydroxyl groups excluding tert-OH is 1. The molecule has 0 amide bonds. The summed E-state index contributed by atoms with van der Waals surface area (Å²) in [5.41, 5.74) is -1.28. The molecule has 5 atom stereocenters. The minimum atomic E-state index is -1.23. The molecule has 0 aromatic carbocycles. The monoisotopic (exact) mass is 304 g/mol. The smallest absolute Gasteiger partial charge is 0.335 e. The van der Waals surface area contributed by atoms with Crippen LogP contribution < -0.4 is 0 Å². The lowest BCUT2D eigenvalue weighted by Gasteiger charge is -2.48. The summed E-state index contributed by atoms with van der Waals surface area (Å²) in [5.74, 6) is -1.46. The summed E-state index contributed by atoms with van der Waals surface area (Å²) in [6.45, 7) is 10.9. The highest BCUT2D eigenvalue weighted by Crippen LogP contribution is 2.36. The van der Waals surface area contributed by atoms with Crippen molar-refractivity contribution in [3.05, 3.63) is 0 Å². The fourth-order valence-electron chi connectivity index (χ4n) is 2.67. The lowest BCUT2D eigenvalue weighted by molar-refractivity contribution is -0.267. The van der Waals surface area contributed by atoms with Crippen LogP contribution in [0.5, 0.6) is 0 Å². The zero-order chi connectivity index (χ0) is 16.6. The first-order chi connectivity index (χ1) is 9.40. The minimum Gasteiger partial charge on any atom is -0.479 e. The van der Waals surface area contributed by atoms with E-state index in [1.165, 1.54) is 7.11 Å². The molecule has 5 unspecified atom stereocenters. The van der Waals surface area contributed by atoms with Crippen molar-refractivity contribution in [3.63, 3.8) is 0 Å². The van der Waals surface area contributed by atoms with E-state index in [4.69, 9.17) is 14.2 Å². The van der Waals surface area contributed by atoms with Crippen LogP contribution in [0, 0.1) is 5.92 Å². The molecule has 0 spiro atoms. The summed E-state index contributed by atoms with van der Waals surface area (Å²) in [7, 11) is 1.54. The Morgan fingerprint density at radius 3 is 2.10 bits per heavy atom. The van der Waals surface area contributed by atoms with Gasteiger partial charge in [0, 0.05) is 13.0 Å². The molecule has 124 valence electrons. The number of carboxylic acid groups (broad SMARTS) is 1. The molecule has 1 fully saturated rings. The van der Waals surface area contributed by atoms with Gasteiger partial charge in [-0.05, 0) is 34.6 Å². The maximum absolute atomic E-state index is 11.5. The SMILES string of the molecule is COC(C)(C)C1OC(C(=O)O)C(OC(C)(C)C)C(O)C1C. The van der Waals surface area contributed by atoms with E-state index in [2.05, 4.69) is 0 Å². The van der Waals surface area contributed by atoms with Gasteiger partial charge in [0.1, 0.15) is 6.10 Å². The van der Waals surface area contributed by atoms with Gasteiger partial charge >= 0.3 is 5.97 Å². The fourth-order valence-corrected chi connectivity index (χ4v) is 2.67. The quantitative estimate of drug-likeness (QED) is 0.817. The molecule has 0 saturated carbocycles. The lowest BCUT2D eigenvalue weighted by atomic mass is 9.80. The van der Waals surface area contributed by atoms with E-state index in [9.17, 15) is 15.0 Å². The van der Waals surface area contributed by atoms with E-state index in [1.807, 2.05) is 41.5 Å². The third kappa shape index (κ3) is 4.16. The van der Waals surface area contributed by atoms with Gasteiger partial charge in [0.15, 0.2) is 6.10 Å². The highest BCUT2D eigenvalue weighted by Gasteiger charge is 2.52. The normalized spacial score (nSPS) is 34.8. The molecular weight excluding hydrogens is 276 g/mol. The average molecular weight is 304 g/mol. The third-order valence-corrected chi connectivity index (χ3v) is 3.89. The number of aliphatic hydroxyl groups is 1. The Bertz CT molecular complexity index is 373. The molecule has 1 rings (SSSR count). The molecule has 1 saturated heterocycles. The second kappa shape index (κ2) is 6.20. The summed E-state index contributed by atoms with van der Waals surface area (Å²) < 4.78 is 16.9. The van der Waals surface area contributed by atoms with Gasteiger partial charge in [0.2, 0.25) is 0 Å². The second-order valence-corrected chi connectivity index (χ2v) is 7.17. The Morgan fingerprint density at radius 2 is 1.71 bits per heavy atom. The molecule has 6 nitrogen and oxygen atoms in total. The van der Waals surface area contributed by atoms with Crippen molar-refractivity contribution in [1.29, 1.82) is 0 Å². The summed E-state index contributed by atoms with van der Waals surface area (Å²) in [6, 6.07) is 0. The van der Waals surface area contributed by atoms with Crippen LogP contribution in [0.3, 0.4) is 0 Å². The van der Waals surface area contributed by atoms with Crippen LogP contribution in [0.15, 0.2) is 0 Å². The zero-order valence-electron chi connectivity index (χ0n) is 13.9. The Labute approximate surface area is 126 Å². The molecule has 21 heavy (non-hydrogen) atoms. The maximum Gasteiger partial charge on any atom is 0.335 e. The Morgan fingerprint density at radius 1 is 1.19 bits per heavy atom. The third-order valence-electron chi connectivity index (χ3n) is 3.89. The number of rotatable bonds is 4. The molecular formula is C15H28O6. The fraction of sp³-hybridized carbons (Fsp3) is 0.933. The summed E-state index contributed by atoms with van der Waals surface area (Å²) >= 11 is 0. The molecule has 0 aromatic rings. The molecule has 0 aromatic heterocycles. The van der Waals surface area contributed by atoms with Gasteiger partial charge in [-0.3, -0.25) is 0 Å². The van der Waals surface area contributed by atoms with Crippen LogP contribution in [0.2, 0.25) is 0 Å². The predicted octanol–water partition coefficient (Wildman–Crippen LogP) is 1.44. The van der Waals surface area contributed by atoms with Gasteiger partial charge in [-0.2, -0.15) is 0 Å². The van der Waals surface area contributed by atoms with E-state index in [0.29, 0.717) is 0 Å². The van der Waals surface area contributed by atoms with Crippen LogP contribution in [-0.2, 0) is 19.0 Å². The van der Waals surface area contributed by atoms with Crippen molar-refractivity contribution >= 4 is 5.97 Å². The Balaban J connectivity index is 3.08. The molecule has 1 aliphatic rings. The van der Waals surface area contributed by atoms with Crippen molar-refractivity contribution in [1.82, 2.24) is 0 Å². The number of carbonyl (C=O) groups is 1. The number of methoxy groups -OCH3 is 1. The number of hydrogen-bond donors (Lipinski definition) is 2. The molecule has 0 radical (unpaired) electrons. The summed E-state index contributed by atoms with van der Waals surface area (Å²) in [5, 5.41) is 19.9. The van der Waals surface area contributed by atoms with Gasteiger partial charge < -0.3 is 24.4 Å². The van der Waals surface area contributed by atoms with Crippen LogP contribution in [-0.4, -0.2) is 58.9 Å². The first-order valence-corrected chi connectivity index (χ1v) is 7.20. The van der Waals surface area contributed by atoms with E-state index in [0.717, 1.165) is 0 Å². The van der Waals surface area contributed by atoms with Crippen molar-refractivity contribution < 1.29 is 29.2 Å². The van der Waals surface area contributed by atoms with Crippen LogP contribution in [0.1, 0.15) is 41.5 Å². The largest absolute Gasteiger partial charge is 0.479 e. The average Bonchev–Trinajstić information content (AvgIpc) is 2.33. The number of carboxylic acids is 1. The van der Waals surface area contributed by atoms with Crippen LogP contribution in [0.25, 0.3) is 0 Å². The van der Waals surface area contributed by atoms with Crippen molar-refractivity contribution in [3.8, 4) is 0 Å². The highest BCUT2D eigenvalue weighted by molar-refractivity contribution is 5.73. The van der Waals surface area contributed by atoms with Gasteiger partial charge in [0.05, 0.1) is 23.4 Å². The molecule has 6 heteroatoms. The van der Waals surface area contributed by atoms with Crippen LogP contribution in [0.4, 0.5) is 0 Å². The zero-order valence-corrected chi connectivity index (χ0v) is 13.9. The summed E-state index contributed by atoms with van der Waals surface area (Å²) in [4.78, 5) is 11.5. The second-order valence-electron chi connectivity index (χ2n) is 7.17. The first-order valence-electron chi connectivity index (χ1n) is 7.20. The van der Waals surface area contributed by atoms with Gasteiger partial charge in [0.25, 0.3) is 0 Å². The van der Waals surface area contributed by atoms with Crippen molar-refractivity contribution in [2.45, 2.75) is 77.2 Å². The lowest BCUT2D eigenvalue weighted by Crippen LogP contribution is -2.63. The molecule has 1 heterocycles. The predicted molar refractivity (Wildman–Crippen MR) is 77.2 cm³/mol.